The number of hydrogen-bond donors (Lipinski definition) is 4. The lowest BCUT2D eigenvalue weighted by Gasteiger charge is -2.22. The number of fused-ring (bicyclic) bond motifs is 2. The first-order valence-electron chi connectivity index (χ1n) is 18.3. The van der Waals surface area contributed by atoms with Gasteiger partial charge in [-0.3, -0.25) is 18.7 Å². The Morgan fingerprint density at radius 2 is 1.10 bits per heavy atom. The van der Waals surface area contributed by atoms with E-state index in [1.807, 2.05) is 105 Å². The molecule has 0 radical (unpaired) electrons. The molecule has 304 valence electrons. The first kappa shape index (κ1) is 43.3. The fourth-order valence-corrected chi connectivity index (χ4v) is 7.02. The maximum absolute atomic E-state index is 13.5. The van der Waals surface area contributed by atoms with Gasteiger partial charge in [-0.2, -0.15) is 0 Å². The van der Waals surface area contributed by atoms with Crippen molar-refractivity contribution in [3.8, 4) is 11.4 Å². The monoisotopic (exact) mass is 868 g/mol. The molecule has 0 aliphatic carbocycles. The Hall–Kier alpha value is -7.33. The lowest BCUT2D eigenvalue weighted by molar-refractivity contribution is 0.734. The molecule has 17 heteroatoms. The molecule has 0 amide bonds. The number of benzene rings is 4. The van der Waals surface area contributed by atoms with Gasteiger partial charge in [0, 0.05) is 41.2 Å². The van der Waals surface area contributed by atoms with E-state index in [0.717, 1.165) is 22.2 Å². The molecule has 2 atom stereocenters. The molecule has 0 saturated heterocycles. The zero-order valence-corrected chi connectivity index (χ0v) is 34.7. The number of pyridine rings is 2. The highest BCUT2D eigenvalue weighted by molar-refractivity contribution is 6.36. The van der Waals surface area contributed by atoms with Crippen molar-refractivity contribution in [3.63, 3.8) is 0 Å². The number of halogens is 3. The summed E-state index contributed by atoms with van der Waals surface area (Å²) in [5.41, 5.74) is 20.0. The van der Waals surface area contributed by atoms with Crippen LogP contribution in [-0.2, 0) is 0 Å². The molecule has 0 aliphatic heterocycles. The van der Waals surface area contributed by atoms with E-state index in [0.29, 0.717) is 38.0 Å². The van der Waals surface area contributed by atoms with Gasteiger partial charge in [0.1, 0.15) is 11.0 Å². The number of aromatic nitrogens is 6. The maximum atomic E-state index is 13.5. The van der Waals surface area contributed by atoms with Gasteiger partial charge in [-0.1, -0.05) is 95.5 Å². The van der Waals surface area contributed by atoms with Crippen LogP contribution in [0.15, 0.2) is 131 Å². The molecule has 8 aromatic rings. The standard InChI is InChI=1S/C22H17ClN6O.C17H15ClN2O.C5H3ClN4/c1-13(27-20-17(25-2)12-26-22(24)28-20)18-11-14-7-6-10-16(23)19(14)21(30)29(18)15-8-4-3-5-9-15;1-11(19)15-10-12-6-5-9-14(18)16(12)17(21)20(15)13-7-3-2-4-8-13;1-8-3-2-9-5(7)10-4(3)6/h3-13H,1H3,(H3,24,26,27,28);2-11H,19H2,1H3;2H,(H2,7,9,10)/t13-;11-;/m00./s1. The second kappa shape index (κ2) is 19.2. The number of para-hydroxylation sites is 2. The largest absolute Gasteiger partial charge is 0.371 e. The molecule has 0 bridgehead atoms. The van der Waals surface area contributed by atoms with E-state index in [2.05, 4.69) is 34.9 Å². The molecular weight excluding hydrogens is 835 g/mol. The predicted molar refractivity (Wildman–Crippen MR) is 244 cm³/mol. The number of nitrogens with one attached hydrogen (secondary N) is 1. The van der Waals surface area contributed by atoms with Crippen LogP contribution >= 0.6 is 34.8 Å². The second-order valence-corrected chi connectivity index (χ2v) is 14.4. The van der Waals surface area contributed by atoms with Gasteiger partial charge in [0.15, 0.2) is 0 Å². The highest BCUT2D eigenvalue weighted by Gasteiger charge is 2.20. The third-order valence-electron chi connectivity index (χ3n) is 9.11. The van der Waals surface area contributed by atoms with Crippen molar-refractivity contribution in [1.82, 2.24) is 29.1 Å². The Kier molecular flexibility index (Phi) is 13.6. The Bertz CT molecular complexity index is 3090. The summed E-state index contributed by atoms with van der Waals surface area (Å²) in [6, 6.07) is 32.8. The maximum Gasteiger partial charge on any atom is 0.264 e. The van der Waals surface area contributed by atoms with Crippen LogP contribution < -0.4 is 33.6 Å². The van der Waals surface area contributed by atoms with Crippen LogP contribution in [0.1, 0.15) is 37.3 Å². The summed E-state index contributed by atoms with van der Waals surface area (Å²) in [4.78, 5) is 48.0. The molecule has 4 aromatic heterocycles. The minimum atomic E-state index is -0.379. The van der Waals surface area contributed by atoms with Crippen LogP contribution in [0.25, 0.3) is 42.6 Å². The van der Waals surface area contributed by atoms with Crippen molar-refractivity contribution >= 4 is 85.4 Å². The van der Waals surface area contributed by atoms with Crippen molar-refractivity contribution in [2.24, 2.45) is 5.73 Å². The normalized spacial score (nSPS) is 11.5. The average Bonchev–Trinajstić information content (AvgIpc) is 3.24. The van der Waals surface area contributed by atoms with Gasteiger partial charge < -0.3 is 22.5 Å². The Balaban J connectivity index is 0.000000173. The molecule has 0 fully saturated rings. The summed E-state index contributed by atoms with van der Waals surface area (Å²) in [5.74, 6) is 0.448. The minimum absolute atomic E-state index is 0.0582. The molecule has 4 heterocycles. The predicted octanol–water partition coefficient (Wildman–Crippen LogP) is 9.67. The van der Waals surface area contributed by atoms with Gasteiger partial charge in [-0.05, 0) is 73.2 Å². The van der Waals surface area contributed by atoms with Crippen molar-refractivity contribution < 1.29 is 0 Å². The highest BCUT2D eigenvalue weighted by Crippen LogP contribution is 2.30. The summed E-state index contributed by atoms with van der Waals surface area (Å²) in [6.45, 7) is 17.7. The quantitative estimate of drug-likeness (QED) is 0.0923. The third kappa shape index (κ3) is 9.60. The van der Waals surface area contributed by atoms with E-state index in [1.165, 1.54) is 12.4 Å². The zero-order valence-electron chi connectivity index (χ0n) is 32.5. The van der Waals surface area contributed by atoms with E-state index in [4.69, 9.17) is 65.1 Å². The SMILES string of the molecule is C[C@H](N)c1cc2cccc(Cl)c2c(=O)n1-c1ccccc1.[C-]#[N+]c1cnc(N)nc1Cl.[C-]#[N+]c1cnc(N)nc1N[C@@H](C)c1cc2cccc(Cl)c2c(=O)n1-c1ccccc1. The summed E-state index contributed by atoms with van der Waals surface area (Å²) in [5, 5.41) is 6.67. The molecular formula is C44H35Cl3N12O2. The molecule has 7 N–H and O–H groups in total. The van der Waals surface area contributed by atoms with Crippen LogP contribution in [0.3, 0.4) is 0 Å². The fourth-order valence-electron chi connectivity index (χ4n) is 6.32. The fraction of sp³-hybridized carbons (Fsp3) is 0.0909. The van der Waals surface area contributed by atoms with E-state index >= 15 is 0 Å². The van der Waals surface area contributed by atoms with Gasteiger partial charge in [0.25, 0.3) is 11.1 Å². The van der Waals surface area contributed by atoms with Crippen LogP contribution in [-0.4, -0.2) is 29.1 Å². The lowest BCUT2D eigenvalue weighted by Crippen LogP contribution is -2.25. The summed E-state index contributed by atoms with van der Waals surface area (Å²) in [7, 11) is 0. The van der Waals surface area contributed by atoms with E-state index in [-0.39, 0.29) is 51.6 Å². The van der Waals surface area contributed by atoms with Gasteiger partial charge in [0.05, 0.1) is 40.0 Å². The zero-order chi connectivity index (χ0) is 43.8. The van der Waals surface area contributed by atoms with Crippen LogP contribution in [0, 0.1) is 13.1 Å². The van der Waals surface area contributed by atoms with E-state index < -0.39 is 0 Å². The molecule has 0 saturated carbocycles. The smallest absolute Gasteiger partial charge is 0.264 e. The summed E-state index contributed by atoms with van der Waals surface area (Å²) < 4.78 is 3.26. The van der Waals surface area contributed by atoms with Gasteiger partial charge >= 0.3 is 0 Å². The first-order chi connectivity index (χ1) is 29.3. The Labute approximate surface area is 364 Å². The van der Waals surface area contributed by atoms with Crippen LogP contribution in [0.2, 0.25) is 15.2 Å². The van der Waals surface area contributed by atoms with Crippen LogP contribution in [0.5, 0.6) is 0 Å². The molecule has 8 rings (SSSR count). The van der Waals surface area contributed by atoms with E-state index in [1.54, 1.807) is 27.3 Å². The minimum Gasteiger partial charge on any atom is -0.371 e. The molecule has 0 aliphatic rings. The van der Waals surface area contributed by atoms with Crippen LogP contribution in [0.4, 0.5) is 29.1 Å². The van der Waals surface area contributed by atoms with Gasteiger partial charge in [0.2, 0.25) is 23.3 Å². The number of nitrogens with two attached hydrogens (primary N) is 3. The van der Waals surface area contributed by atoms with Crippen molar-refractivity contribution in [2.75, 3.05) is 16.8 Å². The molecule has 61 heavy (non-hydrogen) atoms. The number of anilines is 3. The average molecular weight is 870 g/mol. The van der Waals surface area contributed by atoms with Crippen molar-refractivity contribution in [3.05, 3.63) is 192 Å². The first-order valence-corrected chi connectivity index (χ1v) is 19.4. The van der Waals surface area contributed by atoms with Crippen molar-refractivity contribution in [1.29, 1.82) is 0 Å². The summed E-state index contributed by atoms with van der Waals surface area (Å²) in [6.07, 6.45) is 2.66. The van der Waals surface area contributed by atoms with Gasteiger partial charge in [-0.15, -0.1) is 0 Å². The topological polar surface area (TPSA) is 194 Å². The third-order valence-corrected chi connectivity index (χ3v) is 10.0. The second-order valence-electron chi connectivity index (χ2n) is 13.2. The number of nitrogens with zero attached hydrogens (tertiary/aromatic N) is 8. The molecule has 4 aromatic carbocycles. The Morgan fingerprint density at radius 3 is 1.57 bits per heavy atom. The lowest BCUT2D eigenvalue weighted by atomic mass is 10.1. The Morgan fingerprint density at radius 1 is 0.639 bits per heavy atom. The summed E-state index contributed by atoms with van der Waals surface area (Å²) >= 11 is 18.0. The van der Waals surface area contributed by atoms with Gasteiger partial charge in [-0.25, -0.2) is 29.6 Å². The highest BCUT2D eigenvalue weighted by atomic mass is 35.5. The molecule has 0 unspecified atom stereocenters. The number of hydrogen-bond acceptors (Lipinski definition) is 10. The number of nitrogen functional groups attached to an aromatic ring is 2. The molecule has 0 spiro atoms. The van der Waals surface area contributed by atoms with Crippen molar-refractivity contribution in [2.45, 2.75) is 25.9 Å². The molecule has 14 nitrogen and oxygen atoms in total. The number of rotatable bonds is 6. The van der Waals surface area contributed by atoms with E-state index in [9.17, 15) is 9.59 Å².